The number of carbonyl (C=O) groups is 1. The number of aliphatic hydroxyl groups excluding tert-OH is 11. The van der Waals surface area contributed by atoms with Crippen LogP contribution in [0, 0.1) is 45.3 Å². The van der Waals surface area contributed by atoms with Crippen LogP contribution >= 0.6 is 0 Å². The molecule has 0 aromatic carbocycles. The Labute approximate surface area is 427 Å². The van der Waals surface area contributed by atoms with E-state index in [-0.39, 0.29) is 47.7 Å². The van der Waals surface area contributed by atoms with Gasteiger partial charge in [-0.25, -0.2) is 0 Å². The van der Waals surface area contributed by atoms with E-state index < -0.39 is 146 Å². The minimum absolute atomic E-state index is 0.0277. The summed E-state index contributed by atoms with van der Waals surface area (Å²) in [4.78, 5) is 14.1. The largest absolute Gasteiger partial charge is 0.394 e. The van der Waals surface area contributed by atoms with Gasteiger partial charge in [-0.15, -0.1) is 0 Å². The lowest BCUT2D eigenvalue weighted by atomic mass is 9.35. The van der Waals surface area contributed by atoms with E-state index in [0.29, 0.717) is 38.5 Å². The fourth-order valence-corrected chi connectivity index (χ4v) is 15.4. The van der Waals surface area contributed by atoms with E-state index in [1.807, 2.05) is 13.8 Å². The molecule has 8 rings (SSSR count). The summed E-state index contributed by atoms with van der Waals surface area (Å²) >= 11 is 0. The molecule has 8 aliphatic rings. The van der Waals surface area contributed by atoms with E-state index in [9.17, 15) is 66.1 Å². The molecule has 0 bridgehead atoms. The van der Waals surface area contributed by atoms with Crippen molar-refractivity contribution in [2.24, 2.45) is 45.3 Å². The summed E-state index contributed by atoms with van der Waals surface area (Å²) in [5.41, 5.74) is -2.36. The molecule has 27 atom stereocenters. The molecule has 4 heterocycles. The number of fused-ring (bicyclic) bond motifs is 5. The maximum absolute atomic E-state index is 14.1. The second-order valence-corrected chi connectivity index (χ2v) is 24.4. The third-order valence-electron chi connectivity index (χ3n) is 19.9. The maximum Gasteiger partial charge on any atom is 0.187 e. The minimum atomic E-state index is -1.76. The van der Waals surface area contributed by atoms with E-state index in [2.05, 4.69) is 33.8 Å². The van der Waals surface area contributed by atoms with Crippen molar-refractivity contribution in [1.82, 2.24) is 0 Å². The van der Waals surface area contributed by atoms with Gasteiger partial charge in [0.2, 0.25) is 0 Å². The average Bonchev–Trinajstić information content (AvgIpc) is 3.72. The van der Waals surface area contributed by atoms with Gasteiger partial charge in [0, 0.05) is 5.41 Å². The van der Waals surface area contributed by atoms with Crippen LogP contribution in [0.15, 0.2) is 11.6 Å². The Balaban J connectivity index is 1.03. The maximum atomic E-state index is 14.1. The van der Waals surface area contributed by atoms with E-state index in [0.717, 1.165) is 31.3 Å². The third kappa shape index (κ3) is 10.2. The van der Waals surface area contributed by atoms with Crippen LogP contribution in [0.1, 0.15) is 113 Å². The lowest BCUT2D eigenvalue weighted by molar-refractivity contribution is -0.383. The third-order valence-corrected chi connectivity index (χ3v) is 19.9. The molecule has 420 valence electrons. The zero-order valence-corrected chi connectivity index (χ0v) is 43.4. The molecular formula is C52H86O21. The van der Waals surface area contributed by atoms with Crippen LogP contribution in [-0.2, 0) is 42.7 Å². The van der Waals surface area contributed by atoms with E-state index in [1.54, 1.807) is 0 Å². The standard InChI is InChI=1S/C52H86O21/c1-24(2)9-8-15-52(65,23-68-45-40(63)38(61)36(59)30(19-53)70-45)27-12-16-49(6)26(27)10-11-32-50(49,7)17-13-31-48(4,5)33(14-18-51(31,32)22-54)71-47-43(73-46-41(64)37(60)34(57)25(3)69-46)42(29(56)21-67-47)72-44-39(62)35(58)28(55)20-66-44/h9,22,25-47,53,55-65H,8,10-21,23H2,1-7H3/t25-,26+,27-,28+,29-,30+,31-,32-,33-,34-,35-,36+,37+,38-,39+,40+,41+,42-,43+,44-,45+,46-,47-,49+,50+,51+,52+/m1/s1. The fourth-order valence-electron chi connectivity index (χ4n) is 15.4. The molecule has 4 aliphatic carbocycles. The zero-order valence-electron chi connectivity index (χ0n) is 43.4. The summed E-state index contributed by atoms with van der Waals surface area (Å²) in [5.74, 6) is -0.385. The van der Waals surface area contributed by atoms with E-state index in [1.165, 1.54) is 13.2 Å². The highest BCUT2D eigenvalue weighted by molar-refractivity contribution is 5.62. The molecule has 21 nitrogen and oxygen atoms in total. The Morgan fingerprint density at radius 1 is 0.644 bits per heavy atom. The van der Waals surface area contributed by atoms with Gasteiger partial charge < -0.3 is 104 Å². The number of ether oxygens (including phenoxy) is 8. The van der Waals surface area contributed by atoms with E-state index >= 15 is 0 Å². The smallest absolute Gasteiger partial charge is 0.187 e. The molecule has 4 saturated heterocycles. The second-order valence-electron chi connectivity index (χ2n) is 24.4. The van der Waals surface area contributed by atoms with Crippen LogP contribution in [0.5, 0.6) is 0 Å². The summed E-state index contributed by atoms with van der Waals surface area (Å²) in [7, 11) is 0. The number of aliphatic hydroxyl groups is 12. The quantitative estimate of drug-likeness (QED) is 0.0547. The summed E-state index contributed by atoms with van der Waals surface area (Å²) in [5, 5.41) is 130. The van der Waals surface area contributed by atoms with Gasteiger partial charge in [-0.1, -0.05) is 39.3 Å². The first kappa shape index (κ1) is 57.8. The Bertz CT molecular complexity index is 1900. The summed E-state index contributed by atoms with van der Waals surface area (Å²) in [6.07, 6.45) is -17.8. The predicted octanol–water partition coefficient (Wildman–Crippen LogP) is -0.716. The molecule has 0 aromatic heterocycles. The van der Waals surface area contributed by atoms with Gasteiger partial charge in [0.05, 0.1) is 44.2 Å². The molecule has 4 saturated carbocycles. The van der Waals surface area contributed by atoms with Crippen molar-refractivity contribution in [2.45, 2.75) is 235 Å². The Kier molecular flexibility index (Phi) is 17.4. The lowest BCUT2D eigenvalue weighted by Crippen LogP contribution is -2.67. The van der Waals surface area contributed by atoms with Gasteiger partial charge >= 0.3 is 0 Å². The number of aldehydes is 1. The molecule has 4 aliphatic heterocycles. The molecule has 0 amide bonds. The average molecular weight is 1050 g/mol. The van der Waals surface area contributed by atoms with Gasteiger partial charge in [0.15, 0.2) is 25.2 Å². The molecule has 0 unspecified atom stereocenters. The zero-order chi connectivity index (χ0) is 53.3. The number of hydrogen-bond acceptors (Lipinski definition) is 21. The normalized spacial score (nSPS) is 51.7. The number of carbonyl (C=O) groups excluding carboxylic acids is 1. The number of rotatable bonds is 15. The second kappa shape index (κ2) is 22.0. The first-order valence-electron chi connectivity index (χ1n) is 26.7. The summed E-state index contributed by atoms with van der Waals surface area (Å²) in [6.45, 7) is 12.7. The van der Waals surface area contributed by atoms with Crippen molar-refractivity contribution in [3.8, 4) is 0 Å². The molecule has 0 radical (unpaired) electrons. The monoisotopic (exact) mass is 1050 g/mol. The molecule has 0 spiro atoms. The van der Waals surface area contributed by atoms with Gasteiger partial charge in [-0.2, -0.15) is 0 Å². The van der Waals surface area contributed by atoms with Gasteiger partial charge in [-0.05, 0) is 125 Å². The predicted molar refractivity (Wildman–Crippen MR) is 253 cm³/mol. The van der Waals surface area contributed by atoms with Gasteiger partial charge in [0.25, 0.3) is 0 Å². The van der Waals surface area contributed by atoms with Gasteiger partial charge in [0.1, 0.15) is 85.6 Å². The first-order valence-corrected chi connectivity index (χ1v) is 26.7. The van der Waals surface area contributed by atoms with Crippen molar-refractivity contribution < 1.29 is 104 Å². The van der Waals surface area contributed by atoms with Crippen molar-refractivity contribution in [1.29, 1.82) is 0 Å². The molecule has 8 fully saturated rings. The Morgan fingerprint density at radius 2 is 1.27 bits per heavy atom. The molecule has 21 heteroatoms. The fraction of sp³-hybridized carbons (Fsp3) is 0.942. The molecular weight excluding hydrogens is 961 g/mol. The van der Waals surface area contributed by atoms with Crippen molar-refractivity contribution in [3.63, 3.8) is 0 Å². The van der Waals surface area contributed by atoms with Crippen LogP contribution in [0.3, 0.4) is 0 Å². The summed E-state index contributed by atoms with van der Waals surface area (Å²) in [6, 6.07) is 0. The lowest BCUT2D eigenvalue weighted by Gasteiger charge is -2.69. The van der Waals surface area contributed by atoms with Gasteiger partial charge in [-0.3, -0.25) is 0 Å². The SMILES string of the molecule is CC(C)=CCC[C@](O)(CO[C@H]1O[C@@H](CO)[C@H](O)[C@@H](O)[C@@H]1O)[C@@H]1CC[C@@]2(C)[C@H]1CC[C@H]1[C@]3(C=O)CC[C@@H](O[C@H]4OC[C@@H](O)[C@@H](O[C@H]5OC[C@H](O)[C@@H](O)[C@@H]5O)[C@@H]4O[C@H]4O[C@H](C)[C@@H](O)[C@H](O)[C@@H]4O)C(C)(C)[C@H]3CC[C@@]12C. The van der Waals surface area contributed by atoms with Crippen molar-refractivity contribution >= 4 is 6.29 Å². The van der Waals surface area contributed by atoms with E-state index in [4.69, 9.17) is 37.9 Å². The van der Waals surface area contributed by atoms with Crippen LogP contribution in [0.25, 0.3) is 0 Å². The van der Waals surface area contributed by atoms with Crippen LogP contribution in [0.4, 0.5) is 0 Å². The highest BCUT2D eigenvalue weighted by Crippen LogP contribution is 2.75. The highest BCUT2D eigenvalue weighted by Gasteiger charge is 2.71. The van der Waals surface area contributed by atoms with Crippen molar-refractivity contribution in [3.05, 3.63) is 11.6 Å². The van der Waals surface area contributed by atoms with Crippen LogP contribution < -0.4 is 0 Å². The minimum Gasteiger partial charge on any atom is -0.394 e. The number of allylic oxidation sites excluding steroid dienone is 2. The topological polar surface area (TPSA) is 334 Å². The summed E-state index contributed by atoms with van der Waals surface area (Å²) < 4.78 is 48.7. The first-order chi connectivity index (χ1) is 34.3. The van der Waals surface area contributed by atoms with Crippen molar-refractivity contribution in [2.75, 3.05) is 26.4 Å². The molecule has 12 N–H and O–H groups in total. The van der Waals surface area contributed by atoms with Crippen LogP contribution in [0.2, 0.25) is 0 Å². The Morgan fingerprint density at radius 3 is 1.96 bits per heavy atom. The molecule has 0 aromatic rings. The highest BCUT2D eigenvalue weighted by atomic mass is 16.8. The van der Waals surface area contributed by atoms with Crippen LogP contribution in [-0.4, -0.2) is 216 Å². The number of hydrogen-bond donors (Lipinski definition) is 12. The molecule has 73 heavy (non-hydrogen) atoms. The Hall–Kier alpha value is -1.39.